The highest BCUT2D eigenvalue weighted by Gasteiger charge is 2.24. The molecule has 158 valence electrons. The summed E-state index contributed by atoms with van der Waals surface area (Å²) in [6, 6.07) is 5.33. The van der Waals surface area contributed by atoms with Crippen LogP contribution in [-0.4, -0.2) is 35.8 Å². The molecule has 0 unspecified atom stereocenters. The summed E-state index contributed by atoms with van der Waals surface area (Å²) < 4.78 is 12.1. The van der Waals surface area contributed by atoms with Crippen LogP contribution in [0.3, 0.4) is 0 Å². The Bertz CT molecular complexity index is 1310. The number of allylic oxidation sites excluding steroid dienone is 3. The van der Waals surface area contributed by atoms with Crippen molar-refractivity contribution in [1.29, 1.82) is 0 Å². The SMILES string of the molecule is C=C/C=C(\C=C)N1CCOc2ccc(-n3c(=O)c(Cl)nc4scc(C(=O)OC)c43)cc21. The number of halogens is 1. The second kappa shape index (κ2) is 8.41. The molecule has 1 aliphatic rings. The zero-order chi connectivity index (χ0) is 22.1. The quantitative estimate of drug-likeness (QED) is 0.421. The smallest absolute Gasteiger partial charge is 0.340 e. The molecule has 0 aliphatic carbocycles. The van der Waals surface area contributed by atoms with Crippen LogP contribution < -0.4 is 15.2 Å². The zero-order valence-electron chi connectivity index (χ0n) is 16.6. The summed E-state index contributed by atoms with van der Waals surface area (Å²) in [6.07, 6.45) is 5.25. The van der Waals surface area contributed by atoms with Crippen LogP contribution in [-0.2, 0) is 4.74 Å². The maximum atomic E-state index is 13.0. The van der Waals surface area contributed by atoms with E-state index in [1.165, 1.54) is 23.0 Å². The van der Waals surface area contributed by atoms with Gasteiger partial charge in [0.15, 0.2) is 5.15 Å². The van der Waals surface area contributed by atoms with E-state index in [0.717, 1.165) is 11.4 Å². The molecule has 0 amide bonds. The van der Waals surface area contributed by atoms with E-state index in [9.17, 15) is 9.59 Å². The van der Waals surface area contributed by atoms with Gasteiger partial charge in [0.2, 0.25) is 0 Å². The molecule has 0 N–H and O–H groups in total. The van der Waals surface area contributed by atoms with Gasteiger partial charge in [-0.25, -0.2) is 9.78 Å². The first-order valence-electron chi connectivity index (χ1n) is 9.28. The lowest BCUT2D eigenvalue weighted by molar-refractivity contribution is 0.0603. The van der Waals surface area contributed by atoms with Gasteiger partial charge in [0, 0.05) is 11.1 Å². The number of carbonyl (C=O) groups excluding carboxylic acids is 1. The topological polar surface area (TPSA) is 73.7 Å². The standard InChI is InChI=1S/C22H18ClN3O4S/c1-4-6-13(5-2)25-9-10-30-17-8-7-14(11-16(17)25)26-18-15(22(28)29-3)12-31-20(18)24-19(23)21(26)27/h4-8,11-12H,1-2,9-10H2,3H3/b13-6+. The molecule has 0 bridgehead atoms. The Labute approximate surface area is 187 Å². The number of nitrogens with zero attached hydrogens (tertiary/aromatic N) is 3. The van der Waals surface area contributed by atoms with Gasteiger partial charge in [0.1, 0.15) is 22.7 Å². The Hall–Kier alpha value is -3.36. The number of hydrogen-bond acceptors (Lipinski definition) is 7. The van der Waals surface area contributed by atoms with Crippen molar-refractivity contribution < 1.29 is 14.3 Å². The molecule has 31 heavy (non-hydrogen) atoms. The van der Waals surface area contributed by atoms with Crippen LogP contribution in [0.15, 0.2) is 65.5 Å². The Morgan fingerprint density at radius 3 is 2.90 bits per heavy atom. The molecule has 9 heteroatoms. The summed E-state index contributed by atoms with van der Waals surface area (Å²) in [5, 5.41) is 1.42. The lowest BCUT2D eigenvalue weighted by Crippen LogP contribution is -2.32. The van der Waals surface area contributed by atoms with E-state index in [0.29, 0.717) is 34.9 Å². The third-order valence-electron chi connectivity index (χ3n) is 4.83. The van der Waals surface area contributed by atoms with Crippen molar-refractivity contribution in [2.45, 2.75) is 0 Å². The highest BCUT2D eigenvalue weighted by Crippen LogP contribution is 2.37. The molecule has 3 heterocycles. The third-order valence-corrected chi connectivity index (χ3v) is 5.94. The second-order valence-electron chi connectivity index (χ2n) is 6.52. The number of aromatic nitrogens is 2. The van der Waals surface area contributed by atoms with Gasteiger partial charge < -0.3 is 14.4 Å². The molecule has 0 fully saturated rings. The number of carbonyl (C=O) groups is 1. The first-order chi connectivity index (χ1) is 15.0. The van der Waals surface area contributed by atoms with Crippen LogP contribution in [0.4, 0.5) is 5.69 Å². The van der Waals surface area contributed by atoms with Crippen LogP contribution in [0.2, 0.25) is 5.15 Å². The van der Waals surface area contributed by atoms with Crippen molar-refractivity contribution >= 4 is 44.9 Å². The van der Waals surface area contributed by atoms with E-state index in [4.69, 9.17) is 21.1 Å². The first kappa shape index (κ1) is 20.9. The fraction of sp³-hybridized carbons (Fsp3) is 0.136. The van der Waals surface area contributed by atoms with Gasteiger partial charge in [0.25, 0.3) is 5.56 Å². The van der Waals surface area contributed by atoms with Crippen molar-refractivity contribution in [3.8, 4) is 11.4 Å². The second-order valence-corrected chi connectivity index (χ2v) is 7.74. The normalized spacial score (nSPS) is 13.5. The summed E-state index contributed by atoms with van der Waals surface area (Å²) in [7, 11) is 1.29. The van der Waals surface area contributed by atoms with E-state index in [2.05, 4.69) is 18.1 Å². The van der Waals surface area contributed by atoms with Crippen molar-refractivity contribution in [3.63, 3.8) is 0 Å². The average Bonchev–Trinajstić information content (AvgIpc) is 3.20. The number of benzene rings is 1. The number of hydrogen-bond donors (Lipinski definition) is 0. The Balaban J connectivity index is 1.99. The number of rotatable bonds is 5. The largest absolute Gasteiger partial charge is 0.490 e. The molecule has 0 spiro atoms. The summed E-state index contributed by atoms with van der Waals surface area (Å²) in [6.45, 7) is 8.73. The zero-order valence-corrected chi connectivity index (χ0v) is 18.2. The number of fused-ring (bicyclic) bond motifs is 2. The van der Waals surface area contributed by atoms with E-state index in [-0.39, 0.29) is 10.7 Å². The molecule has 0 saturated heterocycles. The van der Waals surface area contributed by atoms with Crippen LogP contribution in [0.25, 0.3) is 16.0 Å². The minimum atomic E-state index is -0.561. The van der Waals surface area contributed by atoms with Crippen molar-refractivity contribution in [2.75, 3.05) is 25.2 Å². The van der Waals surface area contributed by atoms with Crippen LogP contribution in [0.5, 0.6) is 5.75 Å². The number of anilines is 1. The molecule has 3 aromatic rings. The number of methoxy groups -OCH3 is 1. The lowest BCUT2D eigenvalue weighted by atomic mass is 10.1. The van der Waals surface area contributed by atoms with E-state index >= 15 is 0 Å². The third kappa shape index (κ3) is 3.54. The summed E-state index contributed by atoms with van der Waals surface area (Å²) in [4.78, 5) is 31.9. The van der Waals surface area contributed by atoms with Gasteiger partial charge in [-0.05, 0) is 30.4 Å². The van der Waals surface area contributed by atoms with E-state index < -0.39 is 11.5 Å². The van der Waals surface area contributed by atoms with E-state index in [1.54, 1.807) is 29.7 Å². The number of thiophene rings is 1. The molecule has 0 atom stereocenters. The maximum Gasteiger partial charge on any atom is 0.340 e. The Morgan fingerprint density at radius 1 is 1.39 bits per heavy atom. The van der Waals surface area contributed by atoms with Crippen LogP contribution in [0.1, 0.15) is 10.4 Å². The average molecular weight is 456 g/mol. The molecule has 0 saturated carbocycles. The molecule has 2 aromatic heterocycles. The summed E-state index contributed by atoms with van der Waals surface area (Å²) in [5.74, 6) is 0.101. The lowest BCUT2D eigenvalue weighted by Gasteiger charge is -2.32. The Morgan fingerprint density at radius 2 is 2.19 bits per heavy atom. The van der Waals surface area contributed by atoms with Crippen molar-refractivity contribution in [3.05, 3.63) is 81.7 Å². The van der Waals surface area contributed by atoms with Crippen LogP contribution >= 0.6 is 22.9 Å². The highest BCUT2D eigenvalue weighted by molar-refractivity contribution is 7.17. The van der Waals surface area contributed by atoms with Gasteiger partial charge in [-0.1, -0.05) is 30.8 Å². The molecule has 1 aliphatic heterocycles. The van der Waals surface area contributed by atoms with E-state index in [1.807, 2.05) is 17.0 Å². The van der Waals surface area contributed by atoms with Crippen molar-refractivity contribution in [2.24, 2.45) is 0 Å². The number of esters is 1. The van der Waals surface area contributed by atoms with Crippen LogP contribution in [0, 0.1) is 0 Å². The van der Waals surface area contributed by atoms with Gasteiger partial charge in [-0.15, -0.1) is 11.3 Å². The minimum absolute atomic E-state index is 0.185. The fourth-order valence-electron chi connectivity index (χ4n) is 3.47. The van der Waals surface area contributed by atoms with Gasteiger partial charge in [-0.2, -0.15) is 0 Å². The minimum Gasteiger partial charge on any atom is -0.490 e. The predicted octanol–water partition coefficient (Wildman–Crippen LogP) is 4.34. The molecule has 7 nitrogen and oxygen atoms in total. The molecule has 0 radical (unpaired) electrons. The predicted molar refractivity (Wildman–Crippen MR) is 123 cm³/mol. The highest BCUT2D eigenvalue weighted by atomic mass is 35.5. The van der Waals surface area contributed by atoms with Gasteiger partial charge in [-0.3, -0.25) is 9.36 Å². The van der Waals surface area contributed by atoms with Crippen molar-refractivity contribution in [1.82, 2.24) is 9.55 Å². The fourth-order valence-corrected chi connectivity index (χ4v) is 4.58. The summed E-state index contributed by atoms with van der Waals surface area (Å²) >= 11 is 7.34. The monoisotopic (exact) mass is 455 g/mol. The molecular formula is C22H18ClN3O4S. The van der Waals surface area contributed by atoms with Gasteiger partial charge in [0.05, 0.1) is 30.6 Å². The molecule has 4 rings (SSSR count). The molecular weight excluding hydrogens is 438 g/mol. The maximum absolute atomic E-state index is 13.0. The summed E-state index contributed by atoms with van der Waals surface area (Å²) in [5.41, 5.74) is 2.16. The van der Waals surface area contributed by atoms with Gasteiger partial charge >= 0.3 is 5.97 Å². The number of ether oxygens (including phenoxy) is 2. The first-order valence-corrected chi connectivity index (χ1v) is 10.5. The molecule has 1 aromatic carbocycles. The Kier molecular flexibility index (Phi) is 5.67.